The third kappa shape index (κ3) is 2.39. The minimum atomic E-state index is -0.0534. The standard InChI is InChI=1S/C15H23N3O/c1-5-10-19-12-9-7-8-11-13(12)17-14(16)18(11)15(3,4)6-2/h7-9H,5-6,10H2,1-4H3,(H2,16,17). The van der Waals surface area contributed by atoms with Gasteiger partial charge in [0.1, 0.15) is 11.3 Å². The molecule has 0 saturated carbocycles. The van der Waals surface area contributed by atoms with Gasteiger partial charge in [-0.2, -0.15) is 0 Å². The molecule has 0 aliphatic carbocycles. The van der Waals surface area contributed by atoms with Crippen molar-refractivity contribution in [2.45, 2.75) is 46.1 Å². The van der Waals surface area contributed by atoms with Gasteiger partial charge in [-0.3, -0.25) is 0 Å². The smallest absolute Gasteiger partial charge is 0.201 e. The van der Waals surface area contributed by atoms with Gasteiger partial charge in [0.05, 0.1) is 12.1 Å². The average molecular weight is 261 g/mol. The molecule has 0 aliphatic heterocycles. The molecule has 0 amide bonds. The molecular weight excluding hydrogens is 238 g/mol. The van der Waals surface area contributed by atoms with E-state index in [1.165, 1.54) is 0 Å². The van der Waals surface area contributed by atoms with Crippen molar-refractivity contribution in [1.82, 2.24) is 9.55 Å². The van der Waals surface area contributed by atoms with Gasteiger partial charge in [0.15, 0.2) is 0 Å². The summed E-state index contributed by atoms with van der Waals surface area (Å²) >= 11 is 0. The average Bonchev–Trinajstić information content (AvgIpc) is 2.73. The van der Waals surface area contributed by atoms with E-state index in [-0.39, 0.29) is 5.54 Å². The van der Waals surface area contributed by atoms with Gasteiger partial charge in [0, 0.05) is 5.54 Å². The maximum Gasteiger partial charge on any atom is 0.201 e. The van der Waals surface area contributed by atoms with E-state index in [9.17, 15) is 0 Å². The van der Waals surface area contributed by atoms with Gasteiger partial charge >= 0.3 is 0 Å². The van der Waals surface area contributed by atoms with Crippen LogP contribution in [0.3, 0.4) is 0 Å². The first-order valence-electron chi connectivity index (χ1n) is 6.91. The van der Waals surface area contributed by atoms with Gasteiger partial charge in [0.25, 0.3) is 0 Å². The van der Waals surface area contributed by atoms with Crippen LogP contribution in [0.1, 0.15) is 40.5 Å². The van der Waals surface area contributed by atoms with Gasteiger partial charge in [-0.1, -0.05) is 19.9 Å². The molecule has 2 N–H and O–H groups in total. The normalized spacial score (nSPS) is 12.0. The minimum absolute atomic E-state index is 0.0534. The number of nitrogens with zero attached hydrogens (tertiary/aromatic N) is 2. The highest BCUT2D eigenvalue weighted by atomic mass is 16.5. The van der Waals surface area contributed by atoms with Gasteiger partial charge < -0.3 is 15.0 Å². The Morgan fingerprint density at radius 3 is 2.68 bits per heavy atom. The number of para-hydroxylation sites is 1. The number of imidazole rings is 1. The molecule has 0 saturated heterocycles. The molecule has 0 atom stereocenters. The number of fused-ring (bicyclic) bond motifs is 1. The number of hydrogen-bond acceptors (Lipinski definition) is 3. The first-order chi connectivity index (χ1) is 9.01. The highest BCUT2D eigenvalue weighted by molar-refractivity contribution is 5.84. The number of anilines is 1. The molecular formula is C15H23N3O. The lowest BCUT2D eigenvalue weighted by atomic mass is 10.0. The van der Waals surface area contributed by atoms with Crippen molar-refractivity contribution in [2.24, 2.45) is 0 Å². The number of nitrogens with two attached hydrogens (primary N) is 1. The predicted octanol–water partition coefficient (Wildman–Crippen LogP) is 3.55. The minimum Gasteiger partial charge on any atom is -0.491 e. The first kappa shape index (κ1) is 13.7. The Morgan fingerprint density at radius 1 is 1.32 bits per heavy atom. The van der Waals surface area contributed by atoms with Gasteiger partial charge in [0.2, 0.25) is 5.95 Å². The fourth-order valence-corrected chi connectivity index (χ4v) is 2.21. The van der Waals surface area contributed by atoms with Crippen molar-refractivity contribution in [2.75, 3.05) is 12.3 Å². The Labute approximate surface area is 114 Å². The van der Waals surface area contributed by atoms with E-state index in [1.54, 1.807) is 0 Å². The SMILES string of the molecule is CCCOc1cccc2c1nc(N)n2C(C)(C)CC. The summed E-state index contributed by atoms with van der Waals surface area (Å²) in [5.41, 5.74) is 7.95. The van der Waals surface area contributed by atoms with Gasteiger partial charge in [-0.25, -0.2) is 4.98 Å². The fraction of sp³-hybridized carbons (Fsp3) is 0.533. The second-order valence-electron chi connectivity index (χ2n) is 5.44. The lowest BCUT2D eigenvalue weighted by Crippen LogP contribution is -2.26. The second-order valence-corrected chi connectivity index (χ2v) is 5.44. The highest BCUT2D eigenvalue weighted by Gasteiger charge is 2.24. The molecule has 0 fully saturated rings. The Hall–Kier alpha value is -1.71. The number of ether oxygens (including phenoxy) is 1. The van der Waals surface area contributed by atoms with E-state index in [1.807, 2.05) is 12.1 Å². The van der Waals surface area contributed by atoms with Crippen molar-refractivity contribution in [3.8, 4) is 5.75 Å². The molecule has 19 heavy (non-hydrogen) atoms. The van der Waals surface area contributed by atoms with Crippen LogP contribution in [0, 0.1) is 0 Å². The quantitative estimate of drug-likeness (QED) is 0.895. The topological polar surface area (TPSA) is 53.1 Å². The molecule has 0 spiro atoms. The van der Waals surface area contributed by atoms with Gasteiger partial charge in [-0.15, -0.1) is 0 Å². The van der Waals surface area contributed by atoms with Crippen LogP contribution in [0.5, 0.6) is 5.75 Å². The monoisotopic (exact) mass is 261 g/mol. The maximum absolute atomic E-state index is 6.11. The maximum atomic E-state index is 6.11. The molecule has 2 aromatic rings. The molecule has 0 aliphatic rings. The summed E-state index contributed by atoms with van der Waals surface area (Å²) in [4.78, 5) is 4.50. The third-order valence-electron chi connectivity index (χ3n) is 3.61. The Kier molecular flexibility index (Phi) is 3.69. The second kappa shape index (κ2) is 5.11. The number of hydrogen-bond donors (Lipinski definition) is 1. The zero-order chi connectivity index (χ0) is 14.0. The van der Waals surface area contributed by atoms with Crippen molar-refractivity contribution in [3.63, 3.8) is 0 Å². The Bertz CT molecular complexity index is 572. The predicted molar refractivity (Wildman–Crippen MR) is 79.5 cm³/mol. The summed E-state index contributed by atoms with van der Waals surface area (Å²) in [6.45, 7) is 9.28. The van der Waals surface area contributed by atoms with E-state index in [0.29, 0.717) is 12.6 Å². The molecule has 2 rings (SSSR count). The summed E-state index contributed by atoms with van der Waals surface area (Å²) in [6.07, 6.45) is 1.97. The van der Waals surface area contributed by atoms with Crippen LogP contribution < -0.4 is 10.5 Å². The summed E-state index contributed by atoms with van der Waals surface area (Å²) in [5, 5.41) is 0. The van der Waals surface area contributed by atoms with Crippen LogP contribution in [0.2, 0.25) is 0 Å². The molecule has 1 aromatic carbocycles. The van der Waals surface area contributed by atoms with Crippen LogP contribution in [-0.2, 0) is 5.54 Å². The molecule has 4 heteroatoms. The molecule has 1 aromatic heterocycles. The number of benzene rings is 1. The molecule has 0 bridgehead atoms. The van der Waals surface area contributed by atoms with Crippen LogP contribution >= 0.6 is 0 Å². The lowest BCUT2D eigenvalue weighted by molar-refractivity contribution is 0.320. The molecule has 1 heterocycles. The molecule has 104 valence electrons. The van der Waals surface area contributed by atoms with E-state index < -0.39 is 0 Å². The zero-order valence-corrected chi connectivity index (χ0v) is 12.2. The largest absolute Gasteiger partial charge is 0.491 e. The summed E-state index contributed by atoms with van der Waals surface area (Å²) in [5.74, 6) is 1.37. The van der Waals surface area contributed by atoms with E-state index in [2.05, 4.69) is 43.3 Å². The summed E-state index contributed by atoms with van der Waals surface area (Å²) in [6, 6.07) is 6.00. The van der Waals surface area contributed by atoms with Crippen LogP contribution in [-0.4, -0.2) is 16.2 Å². The summed E-state index contributed by atoms with van der Waals surface area (Å²) < 4.78 is 7.85. The van der Waals surface area contributed by atoms with E-state index >= 15 is 0 Å². The highest BCUT2D eigenvalue weighted by Crippen LogP contribution is 2.33. The molecule has 4 nitrogen and oxygen atoms in total. The van der Waals surface area contributed by atoms with E-state index in [0.717, 1.165) is 29.6 Å². The van der Waals surface area contributed by atoms with E-state index in [4.69, 9.17) is 10.5 Å². The van der Waals surface area contributed by atoms with Crippen molar-refractivity contribution in [1.29, 1.82) is 0 Å². The van der Waals surface area contributed by atoms with Crippen LogP contribution in [0.4, 0.5) is 5.95 Å². The van der Waals surface area contributed by atoms with Crippen LogP contribution in [0.15, 0.2) is 18.2 Å². The number of aromatic nitrogens is 2. The summed E-state index contributed by atoms with van der Waals surface area (Å²) in [7, 11) is 0. The van der Waals surface area contributed by atoms with Gasteiger partial charge in [-0.05, 0) is 38.8 Å². The fourth-order valence-electron chi connectivity index (χ4n) is 2.21. The first-order valence-corrected chi connectivity index (χ1v) is 6.91. The zero-order valence-electron chi connectivity index (χ0n) is 12.2. The molecule has 0 radical (unpaired) electrons. The van der Waals surface area contributed by atoms with Crippen molar-refractivity contribution >= 4 is 17.0 Å². The third-order valence-corrected chi connectivity index (χ3v) is 3.61. The number of nitrogen functional groups attached to an aromatic ring is 1. The van der Waals surface area contributed by atoms with Crippen molar-refractivity contribution < 1.29 is 4.74 Å². The number of rotatable bonds is 5. The van der Waals surface area contributed by atoms with Crippen LogP contribution in [0.25, 0.3) is 11.0 Å². The Balaban J connectivity index is 2.59. The lowest BCUT2D eigenvalue weighted by Gasteiger charge is -2.26. The Morgan fingerprint density at radius 2 is 2.05 bits per heavy atom. The molecule has 0 unspecified atom stereocenters. The van der Waals surface area contributed by atoms with Crippen molar-refractivity contribution in [3.05, 3.63) is 18.2 Å².